The van der Waals surface area contributed by atoms with Crippen LogP contribution in [0.25, 0.3) is 0 Å². The molecule has 2 unspecified atom stereocenters. The van der Waals surface area contributed by atoms with E-state index in [-0.39, 0.29) is 25.7 Å². The molecule has 0 fully saturated rings. The van der Waals surface area contributed by atoms with E-state index in [0.29, 0.717) is 25.7 Å². The molecule has 0 saturated heterocycles. The zero-order valence-electron chi connectivity index (χ0n) is 57.6. The van der Waals surface area contributed by atoms with Crippen LogP contribution in [0.1, 0.15) is 362 Å². The third kappa shape index (κ3) is 64.6. The number of esters is 4. The van der Waals surface area contributed by atoms with Crippen molar-refractivity contribution < 1.29 is 80.2 Å². The third-order valence-electron chi connectivity index (χ3n) is 16.3. The van der Waals surface area contributed by atoms with Crippen LogP contribution in [0, 0.1) is 5.92 Å². The number of rotatable bonds is 70. The van der Waals surface area contributed by atoms with Gasteiger partial charge in [-0.1, -0.05) is 311 Å². The molecule has 0 aromatic heterocycles. The minimum absolute atomic E-state index is 0.105. The lowest BCUT2D eigenvalue weighted by molar-refractivity contribution is -0.161. The zero-order chi connectivity index (χ0) is 65.6. The van der Waals surface area contributed by atoms with Crippen LogP contribution in [0.2, 0.25) is 0 Å². The molecular weight excluding hydrogens is 1170 g/mol. The van der Waals surface area contributed by atoms with E-state index in [9.17, 15) is 43.2 Å². The highest BCUT2D eigenvalue weighted by molar-refractivity contribution is 7.47. The molecule has 19 heteroatoms. The predicted molar refractivity (Wildman–Crippen MR) is 358 cm³/mol. The average Bonchev–Trinajstić information content (AvgIpc) is 3.59. The molecular formula is C70H136O17P2. The van der Waals surface area contributed by atoms with E-state index < -0.39 is 97.5 Å². The van der Waals surface area contributed by atoms with E-state index >= 15 is 0 Å². The number of carbonyl (C=O) groups is 4. The normalized spacial score (nSPS) is 14.1. The van der Waals surface area contributed by atoms with Crippen molar-refractivity contribution >= 4 is 39.5 Å². The second-order valence-corrected chi connectivity index (χ2v) is 28.7. The Morgan fingerprint density at radius 1 is 0.303 bits per heavy atom. The molecule has 0 radical (unpaired) electrons. The van der Waals surface area contributed by atoms with Gasteiger partial charge in [-0.25, -0.2) is 9.13 Å². The highest BCUT2D eigenvalue weighted by atomic mass is 31.2. The number of hydrogen-bond donors (Lipinski definition) is 3. The first kappa shape index (κ1) is 87.1. The zero-order valence-corrected chi connectivity index (χ0v) is 59.4. The molecule has 17 nitrogen and oxygen atoms in total. The van der Waals surface area contributed by atoms with Gasteiger partial charge in [-0.3, -0.25) is 37.3 Å². The van der Waals surface area contributed by atoms with Gasteiger partial charge in [0.05, 0.1) is 26.4 Å². The number of hydrogen-bond acceptors (Lipinski definition) is 15. The molecule has 0 spiro atoms. The van der Waals surface area contributed by atoms with Crippen LogP contribution in [0.3, 0.4) is 0 Å². The van der Waals surface area contributed by atoms with Crippen molar-refractivity contribution in [1.82, 2.24) is 0 Å². The summed E-state index contributed by atoms with van der Waals surface area (Å²) >= 11 is 0. The SMILES string of the molecule is CCCCCCCCCCCCCCCCCCC(=O)OC[C@H](COP(=O)(O)OC[C@@H](O)COP(=O)(O)OC[C@@H](COC(=O)CCCCCCC)OC(=O)CCCCCCCCCCCC(C)C)OC(=O)CCCCCCCCCCCCCCCCCC. The first-order chi connectivity index (χ1) is 43.0. The molecule has 0 saturated carbocycles. The van der Waals surface area contributed by atoms with E-state index in [1.54, 1.807) is 0 Å². The number of aliphatic hydroxyl groups is 1. The summed E-state index contributed by atoms with van der Waals surface area (Å²) in [6, 6.07) is 0. The quantitative estimate of drug-likeness (QED) is 0.0222. The van der Waals surface area contributed by atoms with Crippen LogP contribution in [-0.2, 0) is 65.4 Å². The Morgan fingerprint density at radius 3 is 0.764 bits per heavy atom. The van der Waals surface area contributed by atoms with Gasteiger partial charge in [0.2, 0.25) is 0 Å². The average molecular weight is 1310 g/mol. The first-order valence-electron chi connectivity index (χ1n) is 36.6. The molecule has 528 valence electrons. The lowest BCUT2D eigenvalue weighted by Crippen LogP contribution is -2.30. The topological polar surface area (TPSA) is 237 Å². The van der Waals surface area contributed by atoms with Crippen molar-refractivity contribution in [2.75, 3.05) is 39.6 Å². The minimum Gasteiger partial charge on any atom is -0.462 e. The largest absolute Gasteiger partial charge is 0.472 e. The summed E-state index contributed by atoms with van der Waals surface area (Å²) in [6.45, 7) is 7.14. The summed E-state index contributed by atoms with van der Waals surface area (Å²) in [5.74, 6) is -1.40. The molecule has 0 amide bonds. The van der Waals surface area contributed by atoms with Gasteiger partial charge in [-0.05, 0) is 31.6 Å². The molecule has 0 bridgehead atoms. The van der Waals surface area contributed by atoms with Crippen LogP contribution in [0.4, 0.5) is 0 Å². The summed E-state index contributed by atoms with van der Waals surface area (Å²) in [7, 11) is -9.89. The maximum absolute atomic E-state index is 13.0. The van der Waals surface area contributed by atoms with Crippen molar-refractivity contribution in [1.29, 1.82) is 0 Å². The fourth-order valence-corrected chi connectivity index (χ4v) is 12.2. The maximum Gasteiger partial charge on any atom is 0.472 e. The van der Waals surface area contributed by atoms with Gasteiger partial charge >= 0.3 is 39.5 Å². The Bertz CT molecular complexity index is 1720. The van der Waals surface area contributed by atoms with Crippen LogP contribution in [-0.4, -0.2) is 96.7 Å². The Kier molecular flexibility index (Phi) is 62.1. The first-order valence-corrected chi connectivity index (χ1v) is 39.6. The summed E-state index contributed by atoms with van der Waals surface area (Å²) in [5.41, 5.74) is 0. The highest BCUT2D eigenvalue weighted by Gasteiger charge is 2.30. The van der Waals surface area contributed by atoms with Gasteiger partial charge in [0.1, 0.15) is 19.3 Å². The number of carbonyl (C=O) groups excluding carboxylic acids is 4. The van der Waals surface area contributed by atoms with Crippen molar-refractivity contribution in [2.45, 2.75) is 380 Å². The third-order valence-corrected chi connectivity index (χ3v) is 18.2. The van der Waals surface area contributed by atoms with Crippen LogP contribution in [0.5, 0.6) is 0 Å². The molecule has 0 rings (SSSR count). The van der Waals surface area contributed by atoms with Crippen molar-refractivity contribution in [2.24, 2.45) is 5.92 Å². The van der Waals surface area contributed by atoms with Gasteiger partial charge in [0, 0.05) is 25.7 Å². The van der Waals surface area contributed by atoms with Crippen LogP contribution < -0.4 is 0 Å². The molecule has 5 atom stereocenters. The van der Waals surface area contributed by atoms with Gasteiger partial charge in [-0.15, -0.1) is 0 Å². The molecule has 0 aliphatic rings. The van der Waals surface area contributed by atoms with Gasteiger partial charge < -0.3 is 33.8 Å². The fraction of sp³-hybridized carbons (Fsp3) is 0.943. The standard InChI is InChI=1S/C70H136O17P2/c1-6-9-12-15-17-19-21-23-25-27-29-31-35-39-44-49-54-68(73)81-60-66(87-69(74)55-50-45-40-36-32-30-28-26-24-22-20-18-16-13-10-7-2)62-85-89(78,79)83-58-64(71)57-82-88(76,77)84-61-65(59-80-67(72)53-48-42-14-11-8-3)86-70(75)56-51-46-41-37-33-34-38-43-47-52-63(4)5/h63-66,71H,6-62H2,1-5H3,(H,76,77)(H,78,79)/t64-,65+,66+/m0/s1. The van der Waals surface area contributed by atoms with E-state index in [0.717, 1.165) is 102 Å². The summed E-state index contributed by atoms with van der Waals surface area (Å²) in [4.78, 5) is 72.3. The van der Waals surface area contributed by atoms with Crippen molar-refractivity contribution in [3.05, 3.63) is 0 Å². The number of unbranched alkanes of at least 4 members (excludes halogenated alkanes) is 42. The molecule has 89 heavy (non-hydrogen) atoms. The highest BCUT2D eigenvalue weighted by Crippen LogP contribution is 2.45. The number of aliphatic hydroxyl groups excluding tert-OH is 1. The number of phosphoric acid groups is 2. The smallest absolute Gasteiger partial charge is 0.462 e. The van der Waals surface area contributed by atoms with Gasteiger partial charge in [0.25, 0.3) is 0 Å². The van der Waals surface area contributed by atoms with Crippen LogP contribution in [0.15, 0.2) is 0 Å². The number of ether oxygens (including phenoxy) is 4. The van der Waals surface area contributed by atoms with Crippen LogP contribution >= 0.6 is 15.6 Å². The molecule has 3 N–H and O–H groups in total. The van der Waals surface area contributed by atoms with Crippen molar-refractivity contribution in [3.63, 3.8) is 0 Å². The van der Waals surface area contributed by atoms with E-state index in [1.165, 1.54) is 180 Å². The lowest BCUT2D eigenvalue weighted by atomic mass is 10.0. The van der Waals surface area contributed by atoms with E-state index in [1.807, 2.05) is 0 Å². The number of phosphoric ester groups is 2. The maximum atomic E-state index is 13.0. The lowest BCUT2D eigenvalue weighted by Gasteiger charge is -2.21. The predicted octanol–water partition coefficient (Wildman–Crippen LogP) is 20.1. The monoisotopic (exact) mass is 1310 g/mol. The fourth-order valence-electron chi connectivity index (χ4n) is 10.6. The molecule has 0 aliphatic heterocycles. The summed E-state index contributed by atoms with van der Waals surface area (Å²) < 4.78 is 68.1. The van der Waals surface area contributed by atoms with Crippen molar-refractivity contribution in [3.8, 4) is 0 Å². The molecule has 0 heterocycles. The Hall–Kier alpha value is -1.94. The van der Waals surface area contributed by atoms with E-state index in [2.05, 4.69) is 34.6 Å². The Balaban J connectivity index is 5.16. The van der Waals surface area contributed by atoms with Gasteiger partial charge in [-0.2, -0.15) is 0 Å². The second-order valence-electron chi connectivity index (χ2n) is 25.7. The minimum atomic E-state index is -4.95. The molecule has 0 aromatic carbocycles. The summed E-state index contributed by atoms with van der Waals surface area (Å²) in [5, 5.41) is 10.6. The Morgan fingerprint density at radius 2 is 0.517 bits per heavy atom. The molecule has 0 aromatic rings. The second kappa shape index (κ2) is 63.5. The Labute approximate surface area is 543 Å². The summed E-state index contributed by atoms with van der Waals surface area (Å²) in [6.07, 6.45) is 50.3. The molecule has 0 aliphatic carbocycles. The van der Waals surface area contributed by atoms with E-state index in [4.69, 9.17) is 37.0 Å². The van der Waals surface area contributed by atoms with Gasteiger partial charge in [0.15, 0.2) is 12.2 Å².